The first kappa shape index (κ1) is 16.5. The first-order chi connectivity index (χ1) is 8.09. The number of amides is 1. The Labute approximate surface area is 110 Å². The fourth-order valence-corrected chi connectivity index (χ4v) is 1.21. The topological polar surface area (TPSA) is 74.8 Å². The van der Waals surface area contributed by atoms with E-state index in [0.29, 0.717) is 12.5 Å². The number of hydrogen-bond donors (Lipinski definition) is 3. The van der Waals surface area contributed by atoms with Crippen LogP contribution in [0.4, 0.5) is 4.79 Å². The summed E-state index contributed by atoms with van der Waals surface area (Å²) < 4.78 is 5.21. The molecule has 0 aliphatic heterocycles. The standard InChI is InChI=1S/C12H26N4O2/c1-11(2,3)18-10(17)16-12(4,5)8-15-9(13-6)14-7/h8H2,1-7H3,(H,16,17)(H2,13,14,15). The van der Waals surface area contributed by atoms with E-state index in [-0.39, 0.29) is 0 Å². The SMILES string of the molecule is CN=C(NC)NCC(C)(C)NC(=O)OC(C)(C)C. The zero-order chi connectivity index (χ0) is 14.4. The Morgan fingerprint density at radius 3 is 2.17 bits per heavy atom. The van der Waals surface area contributed by atoms with E-state index in [4.69, 9.17) is 4.74 Å². The van der Waals surface area contributed by atoms with Crippen molar-refractivity contribution in [3.8, 4) is 0 Å². The summed E-state index contributed by atoms with van der Waals surface area (Å²) in [6, 6.07) is 0. The van der Waals surface area contributed by atoms with Gasteiger partial charge in [-0.1, -0.05) is 0 Å². The van der Waals surface area contributed by atoms with Gasteiger partial charge in [-0.15, -0.1) is 0 Å². The second-order valence-electron chi connectivity index (χ2n) is 5.69. The zero-order valence-corrected chi connectivity index (χ0v) is 12.5. The molecule has 0 aliphatic rings. The number of ether oxygens (including phenoxy) is 1. The van der Waals surface area contributed by atoms with Crippen LogP contribution in [-0.4, -0.2) is 43.8 Å². The predicted molar refractivity (Wildman–Crippen MR) is 73.9 cm³/mol. The van der Waals surface area contributed by atoms with Crippen LogP contribution in [0.25, 0.3) is 0 Å². The minimum Gasteiger partial charge on any atom is -0.444 e. The quantitative estimate of drug-likeness (QED) is 0.523. The molecule has 0 fully saturated rings. The smallest absolute Gasteiger partial charge is 0.408 e. The van der Waals surface area contributed by atoms with Crippen LogP contribution in [-0.2, 0) is 4.74 Å². The Hall–Kier alpha value is -1.46. The highest BCUT2D eigenvalue weighted by Crippen LogP contribution is 2.08. The van der Waals surface area contributed by atoms with Gasteiger partial charge in [0.1, 0.15) is 5.60 Å². The van der Waals surface area contributed by atoms with E-state index in [0.717, 1.165) is 0 Å². The monoisotopic (exact) mass is 258 g/mol. The first-order valence-electron chi connectivity index (χ1n) is 5.99. The van der Waals surface area contributed by atoms with Gasteiger partial charge in [0.2, 0.25) is 0 Å². The van der Waals surface area contributed by atoms with Crippen molar-refractivity contribution in [2.24, 2.45) is 4.99 Å². The Morgan fingerprint density at radius 2 is 1.78 bits per heavy atom. The minimum absolute atomic E-state index is 0.422. The molecular weight excluding hydrogens is 232 g/mol. The molecular formula is C12H26N4O2. The highest BCUT2D eigenvalue weighted by Gasteiger charge is 2.24. The summed E-state index contributed by atoms with van der Waals surface area (Å²) in [6.45, 7) is 9.86. The van der Waals surface area contributed by atoms with Crippen molar-refractivity contribution in [2.75, 3.05) is 20.6 Å². The molecule has 0 aromatic carbocycles. The molecule has 0 heterocycles. The molecule has 1 amide bonds. The third-order valence-corrected chi connectivity index (χ3v) is 2.00. The first-order valence-corrected chi connectivity index (χ1v) is 5.99. The third-order valence-electron chi connectivity index (χ3n) is 2.00. The van der Waals surface area contributed by atoms with E-state index < -0.39 is 17.2 Å². The Bertz CT molecular complexity index is 306. The van der Waals surface area contributed by atoms with Gasteiger partial charge in [-0.3, -0.25) is 4.99 Å². The van der Waals surface area contributed by atoms with Crippen molar-refractivity contribution < 1.29 is 9.53 Å². The molecule has 0 bridgehead atoms. The lowest BCUT2D eigenvalue weighted by molar-refractivity contribution is 0.0474. The largest absolute Gasteiger partial charge is 0.444 e. The molecule has 0 spiro atoms. The highest BCUT2D eigenvalue weighted by atomic mass is 16.6. The van der Waals surface area contributed by atoms with Crippen LogP contribution in [0.3, 0.4) is 0 Å². The maximum Gasteiger partial charge on any atom is 0.408 e. The second kappa shape index (κ2) is 6.47. The van der Waals surface area contributed by atoms with Gasteiger partial charge < -0.3 is 20.7 Å². The number of hydrogen-bond acceptors (Lipinski definition) is 3. The maximum absolute atomic E-state index is 11.7. The molecule has 6 nitrogen and oxygen atoms in total. The Kier molecular flexibility index (Phi) is 5.94. The van der Waals surface area contributed by atoms with Gasteiger partial charge >= 0.3 is 6.09 Å². The third kappa shape index (κ3) is 7.76. The highest BCUT2D eigenvalue weighted by molar-refractivity contribution is 5.79. The summed E-state index contributed by atoms with van der Waals surface area (Å²) in [6.07, 6.45) is -0.422. The fraction of sp³-hybridized carbons (Fsp3) is 0.833. The van der Waals surface area contributed by atoms with E-state index >= 15 is 0 Å². The molecule has 6 heteroatoms. The van der Waals surface area contributed by atoms with Crippen molar-refractivity contribution in [1.29, 1.82) is 0 Å². The number of alkyl carbamates (subject to hydrolysis) is 1. The molecule has 0 atom stereocenters. The Balaban J connectivity index is 4.26. The van der Waals surface area contributed by atoms with Crippen molar-refractivity contribution in [3.63, 3.8) is 0 Å². The van der Waals surface area contributed by atoms with Gasteiger partial charge in [0, 0.05) is 20.6 Å². The van der Waals surface area contributed by atoms with Crippen molar-refractivity contribution >= 4 is 12.1 Å². The molecule has 0 saturated heterocycles. The second-order valence-corrected chi connectivity index (χ2v) is 5.69. The number of rotatable bonds is 3. The molecule has 18 heavy (non-hydrogen) atoms. The number of nitrogens with zero attached hydrogens (tertiary/aromatic N) is 1. The zero-order valence-electron chi connectivity index (χ0n) is 12.5. The molecule has 0 radical (unpaired) electrons. The van der Waals surface area contributed by atoms with Crippen molar-refractivity contribution in [1.82, 2.24) is 16.0 Å². The predicted octanol–water partition coefficient (Wildman–Crippen LogP) is 1.08. The van der Waals surface area contributed by atoms with Crippen LogP contribution < -0.4 is 16.0 Å². The lowest BCUT2D eigenvalue weighted by Gasteiger charge is -2.29. The van der Waals surface area contributed by atoms with Crippen LogP contribution >= 0.6 is 0 Å². The van der Waals surface area contributed by atoms with Crippen molar-refractivity contribution in [2.45, 2.75) is 45.8 Å². The lowest BCUT2D eigenvalue weighted by Crippen LogP contribution is -2.53. The molecule has 106 valence electrons. The summed E-state index contributed by atoms with van der Waals surface area (Å²) in [5.74, 6) is 0.675. The number of carbonyl (C=O) groups is 1. The normalized spacial score (nSPS) is 12.9. The maximum atomic E-state index is 11.7. The minimum atomic E-state index is -0.491. The number of nitrogens with one attached hydrogen (secondary N) is 3. The van der Waals surface area contributed by atoms with E-state index in [2.05, 4.69) is 20.9 Å². The lowest BCUT2D eigenvalue weighted by atomic mass is 10.1. The average molecular weight is 258 g/mol. The van der Waals surface area contributed by atoms with E-state index in [1.54, 1.807) is 14.1 Å². The van der Waals surface area contributed by atoms with Crippen LogP contribution in [0.2, 0.25) is 0 Å². The van der Waals surface area contributed by atoms with Crippen LogP contribution in [0.5, 0.6) is 0 Å². The molecule has 0 saturated carbocycles. The number of carbonyl (C=O) groups excluding carboxylic acids is 1. The van der Waals surface area contributed by atoms with Gasteiger partial charge in [-0.25, -0.2) is 4.79 Å². The molecule has 0 aromatic rings. The molecule has 0 aromatic heterocycles. The summed E-state index contributed by atoms with van der Waals surface area (Å²) in [4.78, 5) is 15.6. The number of guanidine groups is 1. The van der Waals surface area contributed by atoms with Crippen LogP contribution in [0.1, 0.15) is 34.6 Å². The van der Waals surface area contributed by atoms with Gasteiger partial charge in [0.25, 0.3) is 0 Å². The summed E-state index contributed by atoms with van der Waals surface area (Å²) >= 11 is 0. The summed E-state index contributed by atoms with van der Waals surface area (Å²) in [7, 11) is 3.47. The number of aliphatic imine (C=N–C) groups is 1. The van der Waals surface area contributed by atoms with Gasteiger partial charge in [-0.05, 0) is 34.6 Å². The van der Waals surface area contributed by atoms with Crippen molar-refractivity contribution in [3.05, 3.63) is 0 Å². The average Bonchev–Trinajstić information content (AvgIpc) is 2.14. The summed E-state index contributed by atoms with van der Waals surface area (Å²) in [5, 5.41) is 8.82. The van der Waals surface area contributed by atoms with E-state index in [1.165, 1.54) is 0 Å². The molecule has 3 N–H and O–H groups in total. The Morgan fingerprint density at radius 1 is 1.22 bits per heavy atom. The molecule has 0 rings (SSSR count). The van der Waals surface area contributed by atoms with E-state index in [9.17, 15) is 4.79 Å². The van der Waals surface area contributed by atoms with Crippen LogP contribution in [0.15, 0.2) is 4.99 Å². The van der Waals surface area contributed by atoms with Gasteiger partial charge in [-0.2, -0.15) is 0 Å². The van der Waals surface area contributed by atoms with Crippen LogP contribution in [0, 0.1) is 0 Å². The van der Waals surface area contributed by atoms with Gasteiger partial charge in [0.05, 0.1) is 5.54 Å². The summed E-state index contributed by atoms with van der Waals surface area (Å²) in [5.41, 5.74) is -0.927. The fourth-order valence-electron chi connectivity index (χ4n) is 1.21. The van der Waals surface area contributed by atoms with E-state index in [1.807, 2.05) is 34.6 Å². The van der Waals surface area contributed by atoms with Gasteiger partial charge in [0.15, 0.2) is 5.96 Å². The molecule has 0 aliphatic carbocycles. The molecule has 0 unspecified atom stereocenters.